The van der Waals surface area contributed by atoms with Gasteiger partial charge in [0.1, 0.15) is 5.75 Å². The van der Waals surface area contributed by atoms with Crippen LogP contribution < -0.4 is 10.1 Å². The van der Waals surface area contributed by atoms with Gasteiger partial charge in [-0.05, 0) is 44.5 Å². The van der Waals surface area contributed by atoms with Crippen LogP contribution in [0, 0.1) is 0 Å². The molecule has 2 amide bonds. The van der Waals surface area contributed by atoms with Crippen LogP contribution in [0.5, 0.6) is 5.75 Å². The molecule has 0 atom stereocenters. The molecular weight excluding hydrogens is 336 g/mol. The minimum atomic E-state index is -0.645. The molecule has 0 aliphatic carbocycles. The maximum atomic E-state index is 11.9. The zero-order valence-electron chi connectivity index (χ0n) is 15.9. The summed E-state index contributed by atoms with van der Waals surface area (Å²) in [5.74, 6) is -0.714. The van der Waals surface area contributed by atoms with Crippen molar-refractivity contribution in [3.05, 3.63) is 35.9 Å². The molecule has 26 heavy (non-hydrogen) atoms. The maximum absolute atomic E-state index is 11.9. The Kier molecular flexibility index (Phi) is 7.83. The largest absolute Gasteiger partial charge is 0.497 e. The molecule has 142 valence electrons. The van der Waals surface area contributed by atoms with Gasteiger partial charge >= 0.3 is 5.97 Å². The summed E-state index contributed by atoms with van der Waals surface area (Å²) in [7, 11) is 3.03. The summed E-state index contributed by atoms with van der Waals surface area (Å²) in [5, 5.41) is 2.76. The molecule has 7 heteroatoms. The first-order valence-corrected chi connectivity index (χ1v) is 8.14. The standard InChI is InChI=1S/C19H26N2O5/c1-19(2,3)20-16(22)12-21(4)17(23)13-26-18(24)10-9-14-7-6-8-15(11-14)25-5/h6-11H,12-13H2,1-5H3,(H,20,22)/b10-9+. The van der Waals surface area contributed by atoms with Crippen molar-refractivity contribution in [3.8, 4) is 5.75 Å². The van der Waals surface area contributed by atoms with E-state index in [1.165, 1.54) is 18.0 Å². The monoisotopic (exact) mass is 362 g/mol. The minimum absolute atomic E-state index is 0.104. The predicted molar refractivity (Wildman–Crippen MR) is 98.5 cm³/mol. The van der Waals surface area contributed by atoms with E-state index in [4.69, 9.17) is 9.47 Å². The van der Waals surface area contributed by atoms with Crippen molar-refractivity contribution in [1.29, 1.82) is 0 Å². The predicted octanol–water partition coefficient (Wildman–Crippen LogP) is 1.62. The summed E-state index contributed by atoms with van der Waals surface area (Å²) >= 11 is 0. The summed E-state index contributed by atoms with van der Waals surface area (Å²) in [5.41, 5.74) is 0.391. The lowest BCUT2D eigenvalue weighted by molar-refractivity contribution is -0.148. The second-order valence-electron chi connectivity index (χ2n) is 6.77. The van der Waals surface area contributed by atoms with Crippen LogP contribution in [0.25, 0.3) is 6.08 Å². The topological polar surface area (TPSA) is 84.9 Å². The van der Waals surface area contributed by atoms with E-state index in [1.54, 1.807) is 37.5 Å². The first-order chi connectivity index (χ1) is 12.1. The van der Waals surface area contributed by atoms with Crippen molar-refractivity contribution in [1.82, 2.24) is 10.2 Å². The van der Waals surface area contributed by atoms with Crippen LogP contribution in [0.15, 0.2) is 30.3 Å². The number of nitrogens with zero attached hydrogens (tertiary/aromatic N) is 1. The Morgan fingerprint density at radius 3 is 2.54 bits per heavy atom. The molecule has 0 fully saturated rings. The molecule has 0 saturated heterocycles. The maximum Gasteiger partial charge on any atom is 0.331 e. The Hall–Kier alpha value is -2.83. The van der Waals surface area contributed by atoms with Crippen molar-refractivity contribution in [2.75, 3.05) is 27.3 Å². The lowest BCUT2D eigenvalue weighted by Crippen LogP contribution is -2.46. The number of hydrogen-bond acceptors (Lipinski definition) is 5. The van der Waals surface area contributed by atoms with Crippen LogP contribution in [0.2, 0.25) is 0 Å². The Morgan fingerprint density at radius 1 is 1.23 bits per heavy atom. The van der Waals surface area contributed by atoms with Gasteiger partial charge in [0.15, 0.2) is 6.61 Å². The highest BCUT2D eigenvalue weighted by atomic mass is 16.5. The number of likely N-dealkylation sites (N-methyl/N-ethyl adjacent to an activating group) is 1. The second kappa shape index (κ2) is 9.60. The number of benzene rings is 1. The lowest BCUT2D eigenvalue weighted by Gasteiger charge is -2.23. The van der Waals surface area contributed by atoms with Crippen LogP contribution in [-0.4, -0.2) is 55.5 Å². The molecule has 0 aliphatic rings. The van der Waals surface area contributed by atoms with Gasteiger partial charge in [-0.15, -0.1) is 0 Å². The third-order valence-corrected chi connectivity index (χ3v) is 3.16. The molecule has 0 heterocycles. The van der Waals surface area contributed by atoms with Gasteiger partial charge in [-0.25, -0.2) is 4.79 Å². The third-order valence-electron chi connectivity index (χ3n) is 3.16. The molecule has 0 radical (unpaired) electrons. The first-order valence-electron chi connectivity index (χ1n) is 8.14. The number of nitrogens with one attached hydrogen (secondary N) is 1. The Labute approximate surface area is 154 Å². The van der Waals surface area contributed by atoms with Gasteiger partial charge in [-0.1, -0.05) is 12.1 Å². The minimum Gasteiger partial charge on any atom is -0.497 e. The lowest BCUT2D eigenvalue weighted by atomic mass is 10.1. The van der Waals surface area contributed by atoms with Crippen molar-refractivity contribution in [2.24, 2.45) is 0 Å². The number of carbonyl (C=O) groups is 3. The van der Waals surface area contributed by atoms with Gasteiger partial charge in [0.25, 0.3) is 5.91 Å². The van der Waals surface area contributed by atoms with Crippen LogP contribution in [0.4, 0.5) is 0 Å². The zero-order valence-corrected chi connectivity index (χ0v) is 15.9. The summed E-state index contributed by atoms with van der Waals surface area (Å²) in [6.07, 6.45) is 2.80. The fraction of sp³-hybridized carbons (Fsp3) is 0.421. The van der Waals surface area contributed by atoms with Crippen LogP contribution in [-0.2, 0) is 19.1 Å². The van der Waals surface area contributed by atoms with E-state index in [0.29, 0.717) is 5.75 Å². The van der Waals surface area contributed by atoms with Gasteiger partial charge < -0.3 is 19.7 Å². The van der Waals surface area contributed by atoms with Gasteiger partial charge in [-0.3, -0.25) is 9.59 Å². The first kappa shape index (κ1) is 21.2. The normalized spacial score (nSPS) is 11.1. The van der Waals surface area contributed by atoms with Crippen molar-refractivity contribution < 1.29 is 23.9 Å². The smallest absolute Gasteiger partial charge is 0.331 e. The molecule has 0 aromatic heterocycles. The molecule has 0 bridgehead atoms. The van der Waals surface area contributed by atoms with Crippen LogP contribution in [0.3, 0.4) is 0 Å². The summed E-state index contributed by atoms with van der Waals surface area (Å²) in [6, 6.07) is 7.15. The summed E-state index contributed by atoms with van der Waals surface area (Å²) in [4.78, 5) is 36.6. The van der Waals surface area contributed by atoms with E-state index in [1.807, 2.05) is 20.8 Å². The highest BCUT2D eigenvalue weighted by molar-refractivity contribution is 5.90. The molecule has 1 rings (SSSR count). The van der Waals surface area contributed by atoms with E-state index in [9.17, 15) is 14.4 Å². The van der Waals surface area contributed by atoms with Gasteiger partial charge in [-0.2, -0.15) is 0 Å². The van der Waals surface area contributed by atoms with E-state index in [2.05, 4.69) is 5.32 Å². The fourth-order valence-corrected chi connectivity index (χ4v) is 1.96. The average Bonchev–Trinajstić information content (AvgIpc) is 2.56. The molecule has 0 aliphatic heterocycles. The van der Waals surface area contributed by atoms with Gasteiger partial charge in [0.2, 0.25) is 5.91 Å². The molecule has 0 saturated carbocycles. The molecule has 1 aromatic rings. The highest BCUT2D eigenvalue weighted by Gasteiger charge is 2.18. The van der Waals surface area contributed by atoms with E-state index < -0.39 is 18.5 Å². The van der Waals surface area contributed by atoms with Crippen molar-refractivity contribution in [2.45, 2.75) is 26.3 Å². The Balaban J connectivity index is 2.44. The van der Waals surface area contributed by atoms with E-state index in [-0.39, 0.29) is 18.0 Å². The number of esters is 1. The number of ether oxygens (including phenoxy) is 2. The number of hydrogen-bond donors (Lipinski definition) is 1. The number of amides is 2. The Bertz CT molecular complexity index is 677. The van der Waals surface area contributed by atoms with E-state index >= 15 is 0 Å². The Morgan fingerprint density at radius 2 is 1.92 bits per heavy atom. The molecule has 0 unspecified atom stereocenters. The third kappa shape index (κ3) is 8.32. The fourth-order valence-electron chi connectivity index (χ4n) is 1.96. The van der Waals surface area contributed by atoms with Gasteiger partial charge in [0, 0.05) is 18.7 Å². The molecule has 1 N–H and O–H groups in total. The molecule has 7 nitrogen and oxygen atoms in total. The second-order valence-corrected chi connectivity index (χ2v) is 6.77. The van der Waals surface area contributed by atoms with Crippen molar-refractivity contribution >= 4 is 23.9 Å². The molecule has 1 aromatic carbocycles. The number of carbonyl (C=O) groups excluding carboxylic acids is 3. The summed E-state index contributed by atoms with van der Waals surface area (Å²) < 4.78 is 10.0. The van der Waals surface area contributed by atoms with Crippen molar-refractivity contribution in [3.63, 3.8) is 0 Å². The number of rotatable bonds is 7. The highest BCUT2D eigenvalue weighted by Crippen LogP contribution is 2.13. The van der Waals surface area contributed by atoms with Crippen LogP contribution in [0.1, 0.15) is 26.3 Å². The quantitative estimate of drug-likeness (QED) is 0.589. The van der Waals surface area contributed by atoms with E-state index in [0.717, 1.165) is 5.56 Å². The van der Waals surface area contributed by atoms with Gasteiger partial charge in [0.05, 0.1) is 13.7 Å². The SMILES string of the molecule is COc1cccc(/C=C/C(=O)OCC(=O)N(C)CC(=O)NC(C)(C)C)c1. The molecular formula is C19H26N2O5. The summed E-state index contributed by atoms with van der Waals surface area (Å²) in [6.45, 7) is 5.02. The zero-order chi connectivity index (χ0) is 19.7. The molecule has 0 spiro atoms. The van der Waals surface area contributed by atoms with Crippen LogP contribution >= 0.6 is 0 Å². The average molecular weight is 362 g/mol. The number of methoxy groups -OCH3 is 1.